The SMILES string of the molecule is [3H]c1ccc(OCc2nsnc2-n2nnn(C)c2=O)c(C)c1. The van der Waals surface area contributed by atoms with Crippen LogP contribution in [0.1, 0.15) is 12.6 Å². The van der Waals surface area contributed by atoms with E-state index in [2.05, 4.69) is 19.2 Å². The highest BCUT2D eigenvalue weighted by Gasteiger charge is 2.16. The fraction of sp³-hybridized carbons (Fsp3) is 0.250. The van der Waals surface area contributed by atoms with E-state index >= 15 is 0 Å². The Labute approximate surface area is 125 Å². The lowest BCUT2D eigenvalue weighted by atomic mass is 10.2. The number of aryl methyl sites for hydroxylation is 2. The molecule has 3 aromatic rings. The average molecular weight is 306 g/mol. The van der Waals surface area contributed by atoms with Crippen LogP contribution in [0.2, 0.25) is 0 Å². The standard InChI is InChI=1S/C12H12N6O2S/c1-8-5-3-4-6-10(8)20-7-9-11(14-21-13-9)18-12(19)17(2)15-16-18/h3-6H,7H2,1-2H3/i3T. The third-order valence-corrected chi connectivity index (χ3v) is 3.40. The molecule has 108 valence electrons. The zero-order valence-electron chi connectivity index (χ0n) is 12.3. The molecule has 2 heterocycles. The number of para-hydroxylation sites is 1. The minimum atomic E-state index is -0.399. The summed E-state index contributed by atoms with van der Waals surface area (Å²) in [6.45, 7) is 2.01. The molecule has 0 saturated carbocycles. The van der Waals surface area contributed by atoms with Crippen LogP contribution in [0.15, 0.2) is 29.0 Å². The van der Waals surface area contributed by atoms with E-state index < -0.39 is 5.69 Å². The summed E-state index contributed by atoms with van der Waals surface area (Å²) in [7, 11) is 1.51. The molecule has 0 unspecified atom stereocenters. The average Bonchev–Trinajstić information content (AvgIpc) is 3.06. The summed E-state index contributed by atoms with van der Waals surface area (Å²) in [4.78, 5) is 11.9. The lowest BCUT2D eigenvalue weighted by Crippen LogP contribution is -2.23. The molecule has 0 aliphatic carbocycles. The highest BCUT2D eigenvalue weighted by Crippen LogP contribution is 2.19. The van der Waals surface area contributed by atoms with Gasteiger partial charge in [0.1, 0.15) is 18.1 Å². The molecule has 0 fully saturated rings. The van der Waals surface area contributed by atoms with Gasteiger partial charge in [0.25, 0.3) is 0 Å². The first-order valence-corrected chi connectivity index (χ1v) is 6.80. The van der Waals surface area contributed by atoms with Crippen molar-refractivity contribution in [1.82, 2.24) is 28.5 Å². The predicted octanol–water partition coefficient (Wildman–Crippen LogP) is 0.705. The van der Waals surface area contributed by atoms with E-state index in [-0.39, 0.29) is 6.61 Å². The second-order valence-corrected chi connectivity index (χ2v) is 4.84. The Morgan fingerprint density at radius 3 is 2.95 bits per heavy atom. The van der Waals surface area contributed by atoms with Crippen molar-refractivity contribution in [1.29, 1.82) is 0 Å². The number of ether oxygens (including phenoxy) is 1. The van der Waals surface area contributed by atoms with Gasteiger partial charge in [-0.2, -0.15) is 13.4 Å². The first-order valence-electron chi connectivity index (χ1n) is 6.57. The lowest BCUT2D eigenvalue weighted by Gasteiger charge is -2.07. The third kappa shape index (κ3) is 2.55. The van der Waals surface area contributed by atoms with Gasteiger partial charge in [0.05, 0.1) is 13.1 Å². The highest BCUT2D eigenvalue weighted by atomic mass is 32.1. The van der Waals surface area contributed by atoms with Gasteiger partial charge < -0.3 is 4.74 Å². The maximum Gasteiger partial charge on any atom is 0.369 e. The Morgan fingerprint density at radius 1 is 1.38 bits per heavy atom. The van der Waals surface area contributed by atoms with E-state index in [4.69, 9.17) is 6.11 Å². The Bertz CT molecular complexity index is 871. The summed E-state index contributed by atoms with van der Waals surface area (Å²) in [5.74, 6) is 0.972. The van der Waals surface area contributed by atoms with Gasteiger partial charge in [-0.05, 0) is 29.0 Å². The summed E-state index contributed by atoms with van der Waals surface area (Å²) in [5, 5.41) is 7.39. The largest absolute Gasteiger partial charge is 0.487 e. The molecule has 0 bridgehead atoms. The van der Waals surface area contributed by atoms with Crippen LogP contribution in [0.4, 0.5) is 0 Å². The normalized spacial score (nSPS) is 11.4. The molecule has 0 aliphatic heterocycles. The number of nitrogens with zero attached hydrogens (tertiary/aromatic N) is 6. The second kappa shape index (κ2) is 5.44. The van der Waals surface area contributed by atoms with Gasteiger partial charge >= 0.3 is 5.69 Å². The summed E-state index contributed by atoms with van der Waals surface area (Å²) in [6, 6.07) is 5.51. The van der Waals surface area contributed by atoms with E-state index in [1.54, 1.807) is 18.2 Å². The smallest absolute Gasteiger partial charge is 0.369 e. The summed E-state index contributed by atoms with van der Waals surface area (Å²) < 4.78 is 23.7. The molecule has 0 N–H and O–H groups in total. The van der Waals surface area contributed by atoms with Gasteiger partial charge in [0.15, 0.2) is 0 Å². The first kappa shape index (κ1) is 12.2. The van der Waals surface area contributed by atoms with Gasteiger partial charge in [-0.3, -0.25) is 0 Å². The van der Waals surface area contributed by atoms with Crippen LogP contribution in [0.25, 0.3) is 5.82 Å². The van der Waals surface area contributed by atoms with E-state index in [0.717, 1.165) is 26.7 Å². The summed E-state index contributed by atoms with van der Waals surface area (Å²) in [5.41, 5.74) is 0.958. The topological polar surface area (TPSA) is 87.7 Å². The highest BCUT2D eigenvalue weighted by molar-refractivity contribution is 6.99. The van der Waals surface area contributed by atoms with Crippen LogP contribution >= 0.6 is 11.7 Å². The maximum absolute atomic E-state index is 11.9. The molecular weight excluding hydrogens is 292 g/mol. The van der Waals surface area contributed by atoms with Crippen LogP contribution in [0, 0.1) is 6.92 Å². The minimum absolute atomic E-state index is 0.146. The summed E-state index contributed by atoms with van der Waals surface area (Å²) in [6.07, 6.45) is 0. The number of hydrogen-bond donors (Lipinski definition) is 0. The van der Waals surface area contributed by atoms with Crippen molar-refractivity contribution < 1.29 is 6.11 Å². The zero-order chi connectivity index (χ0) is 15.7. The van der Waals surface area contributed by atoms with Crippen molar-refractivity contribution in [3.63, 3.8) is 0 Å². The molecule has 2 aromatic heterocycles. The molecule has 9 heteroatoms. The van der Waals surface area contributed by atoms with Gasteiger partial charge in [-0.1, -0.05) is 18.2 Å². The Hall–Kier alpha value is -2.55. The van der Waals surface area contributed by atoms with Gasteiger partial charge in [-0.25, -0.2) is 4.79 Å². The maximum atomic E-state index is 11.9. The summed E-state index contributed by atoms with van der Waals surface area (Å²) >= 11 is 0.974. The Kier molecular flexibility index (Phi) is 3.17. The molecule has 0 radical (unpaired) electrons. The molecule has 0 amide bonds. The van der Waals surface area contributed by atoms with Gasteiger partial charge in [0.2, 0.25) is 5.82 Å². The van der Waals surface area contributed by atoms with Crippen molar-refractivity contribution >= 4 is 11.7 Å². The number of benzene rings is 1. The van der Waals surface area contributed by atoms with Crippen molar-refractivity contribution in [2.45, 2.75) is 13.5 Å². The van der Waals surface area contributed by atoms with Crippen LogP contribution < -0.4 is 10.4 Å². The van der Waals surface area contributed by atoms with Gasteiger partial charge in [-0.15, -0.1) is 4.68 Å². The van der Waals surface area contributed by atoms with E-state index in [1.165, 1.54) is 7.05 Å². The van der Waals surface area contributed by atoms with Gasteiger partial charge in [0, 0.05) is 7.05 Å². The van der Waals surface area contributed by atoms with Crippen LogP contribution in [0.5, 0.6) is 5.75 Å². The second-order valence-electron chi connectivity index (χ2n) is 4.31. The molecule has 0 saturated heterocycles. The van der Waals surface area contributed by atoms with E-state index in [0.29, 0.717) is 23.3 Å². The minimum Gasteiger partial charge on any atom is -0.487 e. The fourth-order valence-corrected chi connectivity index (χ4v) is 2.24. The molecular formula is C12H12N6O2S. The molecule has 0 atom stereocenters. The van der Waals surface area contributed by atoms with Crippen molar-refractivity contribution in [3.8, 4) is 11.6 Å². The molecule has 1 aromatic carbocycles. The third-order valence-electron chi connectivity index (χ3n) is 2.84. The molecule has 8 nitrogen and oxygen atoms in total. The fourth-order valence-electron chi connectivity index (χ4n) is 1.71. The molecule has 3 rings (SSSR count). The first-order chi connectivity index (χ1) is 10.6. The molecule has 21 heavy (non-hydrogen) atoms. The van der Waals surface area contributed by atoms with Crippen molar-refractivity contribution in [3.05, 3.63) is 46.0 Å². The number of aromatic nitrogens is 6. The number of rotatable bonds is 4. The predicted molar refractivity (Wildman–Crippen MR) is 75.6 cm³/mol. The Morgan fingerprint density at radius 2 is 2.24 bits per heavy atom. The van der Waals surface area contributed by atoms with Crippen LogP contribution in [0.3, 0.4) is 0 Å². The molecule has 0 spiro atoms. The van der Waals surface area contributed by atoms with E-state index in [9.17, 15) is 4.79 Å². The Balaban J connectivity index is 1.84. The quantitative estimate of drug-likeness (QED) is 0.705. The van der Waals surface area contributed by atoms with Crippen molar-refractivity contribution in [2.75, 3.05) is 0 Å². The lowest BCUT2D eigenvalue weighted by molar-refractivity contribution is 0.299. The molecule has 0 aliphatic rings. The van der Waals surface area contributed by atoms with Crippen LogP contribution in [-0.2, 0) is 13.7 Å². The number of tetrazole rings is 1. The zero-order valence-corrected chi connectivity index (χ0v) is 12.2. The van der Waals surface area contributed by atoms with E-state index in [1.807, 2.05) is 6.92 Å². The monoisotopic (exact) mass is 306 g/mol. The van der Waals surface area contributed by atoms with Crippen molar-refractivity contribution in [2.24, 2.45) is 7.05 Å². The number of hydrogen-bond acceptors (Lipinski definition) is 7. The van der Waals surface area contributed by atoms with Crippen LogP contribution in [-0.4, -0.2) is 28.5 Å².